The minimum Gasteiger partial charge on any atom is -0.288 e. The lowest BCUT2D eigenvalue weighted by Gasteiger charge is -2.22. The van der Waals surface area contributed by atoms with Gasteiger partial charge < -0.3 is 0 Å². The molecule has 0 spiro atoms. The second-order valence-electron chi connectivity index (χ2n) is 5.35. The highest BCUT2D eigenvalue weighted by molar-refractivity contribution is 8.00. The molecule has 3 aromatic rings. The van der Waals surface area contributed by atoms with Crippen molar-refractivity contribution in [1.29, 1.82) is 0 Å². The number of aromatic nitrogens is 4. The maximum absolute atomic E-state index is 12.2. The molecule has 120 valence electrons. The molecule has 0 amide bonds. The molecule has 23 heavy (non-hydrogen) atoms. The largest absolute Gasteiger partial charge is 0.288 e. The van der Waals surface area contributed by atoms with E-state index in [-0.39, 0.29) is 5.56 Å². The predicted octanol–water partition coefficient (Wildman–Crippen LogP) is 2.67. The number of fused-ring (bicyclic) bond motifs is 1. The van der Waals surface area contributed by atoms with Gasteiger partial charge in [-0.2, -0.15) is 4.52 Å². The van der Waals surface area contributed by atoms with Gasteiger partial charge in [0.1, 0.15) is 5.01 Å². The van der Waals surface area contributed by atoms with Crippen LogP contribution in [0.1, 0.15) is 29.6 Å². The van der Waals surface area contributed by atoms with Crippen molar-refractivity contribution in [2.75, 3.05) is 12.8 Å². The van der Waals surface area contributed by atoms with E-state index in [1.165, 1.54) is 27.6 Å². The molecule has 0 aliphatic carbocycles. The Labute approximate surface area is 145 Å². The lowest BCUT2D eigenvalue weighted by Crippen LogP contribution is -2.25. The molecule has 3 aromatic heterocycles. The van der Waals surface area contributed by atoms with E-state index >= 15 is 0 Å². The topological polar surface area (TPSA) is 63.4 Å². The lowest BCUT2D eigenvalue weighted by atomic mass is 10.2. The number of likely N-dealkylation sites (tertiary alicyclic amines) is 1. The Bertz CT molecular complexity index is 872. The summed E-state index contributed by atoms with van der Waals surface area (Å²) in [5.74, 6) is 0. The summed E-state index contributed by atoms with van der Waals surface area (Å²) < 4.78 is 2.25. The summed E-state index contributed by atoms with van der Waals surface area (Å²) in [5, 5.41) is 7.43. The number of nitrogens with zero attached hydrogens (tertiary/aromatic N) is 5. The van der Waals surface area contributed by atoms with Gasteiger partial charge in [0.25, 0.3) is 5.56 Å². The van der Waals surface area contributed by atoms with E-state index in [2.05, 4.69) is 20.0 Å². The molecule has 1 aliphatic heterocycles. The van der Waals surface area contributed by atoms with Crippen LogP contribution in [0, 0.1) is 0 Å². The molecule has 4 heterocycles. The molecule has 0 saturated carbocycles. The van der Waals surface area contributed by atoms with Crippen LogP contribution in [0.15, 0.2) is 26.8 Å². The fourth-order valence-corrected chi connectivity index (χ4v) is 5.09. The van der Waals surface area contributed by atoms with Gasteiger partial charge in [-0.15, -0.1) is 16.4 Å². The first-order valence-corrected chi connectivity index (χ1v) is 10.2. The average Bonchev–Trinajstić information content (AvgIpc) is 3.26. The maximum atomic E-state index is 12.2. The van der Waals surface area contributed by atoms with E-state index in [4.69, 9.17) is 0 Å². The highest BCUT2D eigenvalue weighted by Gasteiger charge is 2.28. The lowest BCUT2D eigenvalue weighted by molar-refractivity contribution is 0.245. The zero-order valence-corrected chi connectivity index (χ0v) is 15.0. The van der Waals surface area contributed by atoms with Crippen molar-refractivity contribution in [3.05, 3.63) is 38.7 Å². The SMILES string of the molecule is CSc1nn2c(=O)cc(CN3CCCC3c3nccs3)nc2s1. The van der Waals surface area contributed by atoms with Crippen LogP contribution in [-0.4, -0.2) is 37.3 Å². The first kappa shape index (κ1) is 15.3. The smallest absolute Gasteiger partial charge is 0.275 e. The zero-order chi connectivity index (χ0) is 15.8. The Morgan fingerprint density at radius 3 is 3.17 bits per heavy atom. The van der Waals surface area contributed by atoms with Crippen LogP contribution in [0.25, 0.3) is 4.96 Å². The third kappa shape index (κ3) is 2.93. The Hall–Kier alpha value is -1.29. The molecule has 0 bridgehead atoms. The van der Waals surface area contributed by atoms with Gasteiger partial charge in [0.05, 0.1) is 11.7 Å². The van der Waals surface area contributed by atoms with E-state index in [0.717, 1.165) is 34.4 Å². The van der Waals surface area contributed by atoms with Gasteiger partial charge in [-0.3, -0.25) is 9.69 Å². The molecular formula is C14H15N5OS3. The number of thioether (sulfide) groups is 1. The monoisotopic (exact) mass is 365 g/mol. The average molecular weight is 366 g/mol. The number of rotatable bonds is 4. The van der Waals surface area contributed by atoms with Gasteiger partial charge in [0.15, 0.2) is 4.34 Å². The zero-order valence-electron chi connectivity index (χ0n) is 12.5. The van der Waals surface area contributed by atoms with Crippen LogP contribution in [0.4, 0.5) is 0 Å². The van der Waals surface area contributed by atoms with Crippen LogP contribution in [-0.2, 0) is 6.54 Å². The van der Waals surface area contributed by atoms with Crippen LogP contribution < -0.4 is 5.56 Å². The van der Waals surface area contributed by atoms with E-state index in [1.54, 1.807) is 17.4 Å². The Kier molecular flexibility index (Phi) is 4.18. The predicted molar refractivity (Wildman–Crippen MR) is 93.4 cm³/mol. The van der Waals surface area contributed by atoms with Crippen LogP contribution in [0.5, 0.6) is 0 Å². The second kappa shape index (κ2) is 6.31. The fourth-order valence-electron chi connectivity index (χ4n) is 2.90. The molecule has 1 fully saturated rings. The Balaban J connectivity index is 1.63. The molecule has 1 saturated heterocycles. The summed E-state index contributed by atoms with van der Waals surface area (Å²) in [7, 11) is 0. The van der Waals surface area contributed by atoms with Crippen molar-refractivity contribution in [3.8, 4) is 0 Å². The second-order valence-corrected chi connectivity index (χ2v) is 8.29. The van der Waals surface area contributed by atoms with Gasteiger partial charge >= 0.3 is 0 Å². The normalized spacial score (nSPS) is 18.9. The van der Waals surface area contributed by atoms with Crippen LogP contribution in [0.3, 0.4) is 0 Å². The third-order valence-electron chi connectivity index (χ3n) is 3.92. The summed E-state index contributed by atoms with van der Waals surface area (Å²) in [6, 6.07) is 1.95. The first-order chi connectivity index (χ1) is 11.2. The van der Waals surface area contributed by atoms with E-state index in [1.807, 2.05) is 17.8 Å². The summed E-state index contributed by atoms with van der Waals surface area (Å²) in [6.07, 6.45) is 6.08. The molecular weight excluding hydrogens is 350 g/mol. The Morgan fingerprint density at radius 1 is 1.48 bits per heavy atom. The minimum atomic E-state index is -0.105. The van der Waals surface area contributed by atoms with Crippen molar-refractivity contribution in [2.45, 2.75) is 29.8 Å². The van der Waals surface area contributed by atoms with Crippen molar-refractivity contribution in [1.82, 2.24) is 24.5 Å². The number of thiazole rings is 1. The fraction of sp³-hybridized carbons (Fsp3) is 0.429. The van der Waals surface area contributed by atoms with Gasteiger partial charge in [0, 0.05) is 24.2 Å². The maximum Gasteiger partial charge on any atom is 0.275 e. The van der Waals surface area contributed by atoms with Crippen molar-refractivity contribution < 1.29 is 0 Å². The number of hydrogen-bond acceptors (Lipinski definition) is 8. The molecule has 1 aliphatic rings. The van der Waals surface area contributed by atoms with Crippen molar-refractivity contribution in [3.63, 3.8) is 0 Å². The van der Waals surface area contributed by atoms with Gasteiger partial charge in [0.2, 0.25) is 4.96 Å². The quantitative estimate of drug-likeness (QED) is 0.663. The standard InChI is InChI=1S/C14H15N5OS3/c1-21-14-17-19-11(20)7-9(16-13(19)23-14)8-18-5-2-3-10(18)12-15-4-6-22-12/h4,6-7,10H,2-3,5,8H2,1H3. The first-order valence-electron chi connectivity index (χ1n) is 7.32. The molecule has 4 rings (SSSR count). The molecule has 1 atom stereocenters. The summed E-state index contributed by atoms with van der Waals surface area (Å²) in [6.45, 7) is 1.70. The van der Waals surface area contributed by atoms with E-state index in [9.17, 15) is 4.79 Å². The molecule has 1 unspecified atom stereocenters. The number of hydrogen-bond donors (Lipinski definition) is 0. The molecule has 9 heteroatoms. The van der Waals surface area contributed by atoms with Gasteiger partial charge in [-0.1, -0.05) is 23.1 Å². The molecule has 0 aromatic carbocycles. The highest BCUT2D eigenvalue weighted by Crippen LogP contribution is 2.33. The van der Waals surface area contributed by atoms with Gasteiger partial charge in [-0.25, -0.2) is 9.97 Å². The van der Waals surface area contributed by atoms with E-state index in [0.29, 0.717) is 17.5 Å². The summed E-state index contributed by atoms with van der Waals surface area (Å²) >= 11 is 4.68. The van der Waals surface area contributed by atoms with Gasteiger partial charge in [-0.05, 0) is 25.6 Å². The van der Waals surface area contributed by atoms with Crippen LogP contribution in [0.2, 0.25) is 0 Å². The highest BCUT2D eigenvalue weighted by atomic mass is 32.2. The third-order valence-corrected chi connectivity index (χ3v) is 6.68. The molecule has 0 N–H and O–H groups in total. The molecule has 0 radical (unpaired) electrons. The summed E-state index contributed by atoms with van der Waals surface area (Å²) in [5.41, 5.74) is 0.710. The molecule has 6 nitrogen and oxygen atoms in total. The summed E-state index contributed by atoms with van der Waals surface area (Å²) in [4.78, 5) is 24.4. The van der Waals surface area contributed by atoms with Crippen molar-refractivity contribution in [2.24, 2.45) is 0 Å². The van der Waals surface area contributed by atoms with Crippen molar-refractivity contribution >= 4 is 39.4 Å². The van der Waals surface area contributed by atoms with E-state index < -0.39 is 0 Å². The Morgan fingerprint density at radius 2 is 2.39 bits per heavy atom. The van der Waals surface area contributed by atoms with Crippen LogP contribution >= 0.6 is 34.4 Å². The minimum absolute atomic E-state index is 0.105.